The van der Waals surface area contributed by atoms with Crippen molar-refractivity contribution in [2.75, 3.05) is 30.3 Å². The predicted octanol–water partition coefficient (Wildman–Crippen LogP) is 7.57. The van der Waals surface area contributed by atoms with Gasteiger partial charge in [0.25, 0.3) is 0 Å². The minimum atomic E-state index is -0.530. The van der Waals surface area contributed by atoms with Crippen LogP contribution >= 0.6 is 23.2 Å². The molecule has 2 N–H and O–H groups in total. The number of nitriles is 1. The second-order valence-electron chi connectivity index (χ2n) is 10.6. The highest BCUT2D eigenvalue weighted by molar-refractivity contribution is 6.36. The fourth-order valence-corrected chi connectivity index (χ4v) is 5.89. The molecule has 6 rings (SSSR count). The zero-order valence-electron chi connectivity index (χ0n) is 23.3. The number of hydrogen-bond acceptors (Lipinski definition) is 7. The second-order valence-corrected chi connectivity index (χ2v) is 11.4. The van der Waals surface area contributed by atoms with E-state index in [2.05, 4.69) is 36.9 Å². The maximum Gasteiger partial charge on any atom is 0.141 e. The monoisotopic (exact) mass is 614 g/mol. The van der Waals surface area contributed by atoms with Crippen molar-refractivity contribution in [1.29, 1.82) is 5.26 Å². The van der Waals surface area contributed by atoms with E-state index < -0.39 is 5.82 Å². The van der Waals surface area contributed by atoms with Gasteiger partial charge in [0.15, 0.2) is 0 Å². The zero-order chi connectivity index (χ0) is 29.8. The number of fused-ring (bicyclic) bond motifs is 1. The van der Waals surface area contributed by atoms with Crippen LogP contribution in [0.4, 0.5) is 21.5 Å². The van der Waals surface area contributed by atoms with Gasteiger partial charge in [-0.1, -0.05) is 58.7 Å². The SMILES string of the molecule is N#Cc1cnc2c(Cl)cc(N[C@@H](c3ccccc3)c3cn(CCCN4CCCC4)nn3)cc2c1Nc1ccc(F)c(Cl)c1. The third-order valence-electron chi connectivity index (χ3n) is 7.59. The number of rotatable bonds is 10. The van der Waals surface area contributed by atoms with E-state index in [-0.39, 0.29) is 11.1 Å². The number of pyridine rings is 1. The Morgan fingerprint density at radius 3 is 2.53 bits per heavy atom. The molecule has 8 nitrogen and oxygen atoms in total. The van der Waals surface area contributed by atoms with E-state index in [4.69, 9.17) is 23.2 Å². The van der Waals surface area contributed by atoms with E-state index in [0.717, 1.165) is 30.8 Å². The topological polar surface area (TPSA) is 94.7 Å². The lowest BCUT2D eigenvalue weighted by Gasteiger charge is -2.20. The number of benzene rings is 3. The summed E-state index contributed by atoms with van der Waals surface area (Å²) in [7, 11) is 0. The van der Waals surface area contributed by atoms with E-state index >= 15 is 0 Å². The first-order valence-corrected chi connectivity index (χ1v) is 14.9. The quantitative estimate of drug-likeness (QED) is 0.167. The first kappa shape index (κ1) is 28.9. The van der Waals surface area contributed by atoms with E-state index in [9.17, 15) is 9.65 Å². The molecular formula is C32H29Cl2FN8. The maximum absolute atomic E-state index is 13.8. The van der Waals surface area contributed by atoms with Crippen molar-refractivity contribution in [3.05, 3.63) is 106 Å². The van der Waals surface area contributed by atoms with Gasteiger partial charge in [0.1, 0.15) is 17.6 Å². The van der Waals surface area contributed by atoms with Crippen molar-refractivity contribution >= 4 is 51.2 Å². The summed E-state index contributed by atoms with van der Waals surface area (Å²) in [5.41, 5.74) is 4.30. The summed E-state index contributed by atoms with van der Waals surface area (Å²) in [6.07, 6.45) is 7.02. The zero-order valence-corrected chi connectivity index (χ0v) is 24.8. The lowest BCUT2D eigenvalue weighted by Crippen LogP contribution is -2.21. The number of aromatic nitrogens is 4. The molecule has 1 atom stereocenters. The number of nitrogens with one attached hydrogen (secondary N) is 2. The van der Waals surface area contributed by atoms with E-state index in [1.54, 1.807) is 12.1 Å². The highest BCUT2D eigenvalue weighted by Crippen LogP contribution is 2.37. The Kier molecular flexibility index (Phi) is 8.70. The summed E-state index contributed by atoms with van der Waals surface area (Å²) in [5, 5.41) is 26.6. The standard InChI is InChI=1S/C32H29Cl2FN8/c33-26-16-23(9-10-28(26)35)38-30-22(18-36)19-37-32-25(30)15-24(17-27(32)34)39-31(21-7-2-1-3-8-21)29-20-43(41-40-29)14-6-13-42-11-4-5-12-42/h1-3,7-10,15-17,19-20,31,39H,4-6,11-14H2,(H,37,38)/t31-/m0/s1. The van der Waals surface area contributed by atoms with Crippen molar-refractivity contribution in [2.45, 2.75) is 31.8 Å². The minimum Gasteiger partial charge on any atom is -0.373 e. The minimum absolute atomic E-state index is 0.0305. The molecule has 2 aromatic heterocycles. The van der Waals surface area contributed by atoms with E-state index in [0.29, 0.717) is 38.6 Å². The molecule has 0 radical (unpaired) electrons. The molecule has 1 aliphatic heterocycles. The maximum atomic E-state index is 13.8. The Hall–Kier alpha value is -4.23. The van der Waals surface area contributed by atoms with Crippen molar-refractivity contribution in [1.82, 2.24) is 24.9 Å². The normalized spacial score (nSPS) is 14.1. The van der Waals surface area contributed by atoms with Crippen LogP contribution in [0.15, 0.2) is 73.1 Å². The smallest absolute Gasteiger partial charge is 0.141 e. The summed E-state index contributed by atoms with van der Waals surface area (Å²) in [4.78, 5) is 6.94. The third-order valence-corrected chi connectivity index (χ3v) is 8.17. The van der Waals surface area contributed by atoms with Crippen LogP contribution in [0, 0.1) is 17.1 Å². The number of halogens is 3. The Morgan fingerprint density at radius 2 is 1.77 bits per heavy atom. The average molecular weight is 616 g/mol. The lowest BCUT2D eigenvalue weighted by atomic mass is 10.0. The highest BCUT2D eigenvalue weighted by atomic mass is 35.5. The molecule has 0 spiro atoms. The van der Waals surface area contributed by atoms with E-state index in [1.807, 2.05) is 47.3 Å². The first-order valence-electron chi connectivity index (χ1n) is 14.2. The summed E-state index contributed by atoms with van der Waals surface area (Å²) in [6.45, 7) is 4.20. The molecule has 0 bridgehead atoms. The summed E-state index contributed by atoms with van der Waals surface area (Å²) in [5.74, 6) is -0.530. The molecule has 43 heavy (non-hydrogen) atoms. The molecule has 1 aliphatic rings. The van der Waals surface area contributed by atoms with Crippen molar-refractivity contribution in [2.24, 2.45) is 0 Å². The average Bonchev–Trinajstić information content (AvgIpc) is 3.71. The molecule has 0 saturated carbocycles. The van der Waals surface area contributed by atoms with E-state index in [1.165, 1.54) is 44.3 Å². The van der Waals surface area contributed by atoms with Crippen LogP contribution in [-0.4, -0.2) is 44.5 Å². The number of aryl methyl sites for hydroxylation is 1. The Bertz CT molecular complexity index is 1780. The van der Waals surface area contributed by atoms with Gasteiger partial charge in [0, 0.05) is 29.5 Å². The van der Waals surface area contributed by atoms with Gasteiger partial charge in [-0.15, -0.1) is 5.10 Å². The van der Waals surface area contributed by atoms with Crippen LogP contribution in [0.25, 0.3) is 10.9 Å². The molecule has 5 aromatic rings. The highest BCUT2D eigenvalue weighted by Gasteiger charge is 2.20. The lowest BCUT2D eigenvalue weighted by molar-refractivity contribution is 0.321. The van der Waals surface area contributed by atoms with Crippen LogP contribution in [0.1, 0.15) is 42.1 Å². The Labute approximate surface area is 259 Å². The molecule has 0 aliphatic carbocycles. The number of anilines is 3. The Morgan fingerprint density at radius 1 is 0.977 bits per heavy atom. The van der Waals surface area contributed by atoms with Gasteiger partial charge >= 0.3 is 0 Å². The third kappa shape index (κ3) is 6.57. The van der Waals surface area contributed by atoms with Crippen molar-refractivity contribution < 1.29 is 4.39 Å². The van der Waals surface area contributed by atoms with Gasteiger partial charge in [-0.2, -0.15) is 5.26 Å². The van der Waals surface area contributed by atoms with Gasteiger partial charge in [-0.3, -0.25) is 9.67 Å². The predicted molar refractivity (Wildman–Crippen MR) is 168 cm³/mol. The second kappa shape index (κ2) is 13.0. The molecule has 3 aromatic carbocycles. The summed E-state index contributed by atoms with van der Waals surface area (Å²) >= 11 is 12.8. The summed E-state index contributed by atoms with van der Waals surface area (Å²) in [6, 6.07) is 19.8. The number of hydrogen-bond donors (Lipinski definition) is 2. The van der Waals surface area contributed by atoms with Crippen molar-refractivity contribution in [3.63, 3.8) is 0 Å². The van der Waals surface area contributed by atoms with Gasteiger partial charge in [0.2, 0.25) is 0 Å². The fraction of sp³-hybridized carbons (Fsp3) is 0.250. The van der Waals surface area contributed by atoms with Gasteiger partial charge in [0.05, 0.1) is 39.1 Å². The van der Waals surface area contributed by atoms with Gasteiger partial charge in [-0.05, 0) is 74.8 Å². The molecule has 0 unspecified atom stereocenters. The molecule has 218 valence electrons. The number of likely N-dealkylation sites (tertiary alicyclic amines) is 1. The van der Waals surface area contributed by atoms with Crippen molar-refractivity contribution in [3.8, 4) is 6.07 Å². The van der Waals surface area contributed by atoms with Gasteiger partial charge < -0.3 is 15.5 Å². The first-order chi connectivity index (χ1) is 21.0. The van der Waals surface area contributed by atoms with Crippen LogP contribution in [0.3, 0.4) is 0 Å². The largest absolute Gasteiger partial charge is 0.373 e. The summed E-state index contributed by atoms with van der Waals surface area (Å²) < 4.78 is 15.7. The molecule has 1 fully saturated rings. The molecule has 1 saturated heterocycles. The van der Waals surface area contributed by atoms with Crippen LogP contribution < -0.4 is 10.6 Å². The number of nitrogens with zero attached hydrogens (tertiary/aromatic N) is 6. The van der Waals surface area contributed by atoms with Gasteiger partial charge in [-0.25, -0.2) is 4.39 Å². The molecule has 0 amide bonds. The van der Waals surface area contributed by atoms with Crippen LogP contribution in [0.5, 0.6) is 0 Å². The molecular weight excluding hydrogens is 586 g/mol. The Balaban J connectivity index is 1.32. The molecule has 11 heteroatoms. The van der Waals surface area contributed by atoms with Crippen LogP contribution in [0.2, 0.25) is 10.0 Å². The van der Waals surface area contributed by atoms with Crippen LogP contribution in [-0.2, 0) is 6.54 Å². The molecule has 3 heterocycles. The fourth-order valence-electron chi connectivity index (χ4n) is 5.44.